The van der Waals surface area contributed by atoms with Gasteiger partial charge in [-0.3, -0.25) is 14.5 Å². The number of ether oxygens (including phenoxy) is 1. The highest BCUT2D eigenvalue weighted by Gasteiger charge is 2.55. The molecule has 1 saturated heterocycles. The van der Waals surface area contributed by atoms with Gasteiger partial charge >= 0.3 is 5.97 Å². The molecule has 6 nitrogen and oxygen atoms in total. The Bertz CT molecular complexity index is 696. The maximum Gasteiger partial charge on any atom is 0.311 e. The summed E-state index contributed by atoms with van der Waals surface area (Å²) in [5.74, 6) is -0.0879. The van der Waals surface area contributed by atoms with E-state index in [1.165, 1.54) is 0 Å². The Morgan fingerprint density at radius 2 is 2.15 bits per heavy atom. The van der Waals surface area contributed by atoms with Crippen LogP contribution in [0.15, 0.2) is 18.2 Å². The van der Waals surface area contributed by atoms with E-state index in [-0.39, 0.29) is 30.3 Å². The van der Waals surface area contributed by atoms with Gasteiger partial charge in [0.2, 0.25) is 5.91 Å². The van der Waals surface area contributed by atoms with Crippen LogP contribution >= 0.6 is 12.4 Å². The summed E-state index contributed by atoms with van der Waals surface area (Å²) in [6.07, 6.45) is 2.61. The number of hydrogen-bond acceptors (Lipinski definition) is 4. The second-order valence-electron chi connectivity index (χ2n) is 7.35. The minimum Gasteiger partial charge on any atom is -0.495 e. The van der Waals surface area contributed by atoms with Crippen LogP contribution in [0.1, 0.15) is 31.7 Å². The Kier molecular flexibility index (Phi) is 6.19. The molecular weight excluding hydrogens is 356 g/mol. The Morgan fingerprint density at radius 3 is 2.77 bits per heavy atom. The van der Waals surface area contributed by atoms with E-state index < -0.39 is 11.4 Å². The molecular formula is C19H27ClN2O4. The number of carbonyl (C=O) groups excluding carboxylic acids is 1. The van der Waals surface area contributed by atoms with E-state index >= 15 is 0 Å². The number of rotatable bonds is 5. The molecule has 2 N–H and O–H groups in total. The van der Waals surface area contributed by atoms with E-state index in [1.54, 1.807) is 7.11 Å². The first-order valence-electron chi connectivity index (χ1n) is 8.80. The topological polar surface area (TPSA) is 78.9 Å². The monoisotopic (exact) mass is 382 g/mol. The number of carboxylic acid groups (broad SMARTS) is 1. The van der Waals surface area contributed by atoms with Gasteiger partial charge in [0.1, 0.15) is 5.75 Å². The van der Waals surface area contributed by atoms with E-state index in [9.17, 15) is 14.7 Å². The van der Waals surface area contributed by atoms with Crippen LogP contribution in [0.2, 0.25) is 0 Å². The number of likely N-dealkylation sites (tertiary alicyclic amines) is 1. The fourth-order valence-corrected chi connectivity index (χ4v) is 4.30. The number of nitrogens with zero attached hydrogens (tertiary/aromatic N) is 1. The van der Waals surface area contributed by atoms with Crippen LogP contribution < -0.4 is 10.1 Å². The first-order chi connectivity index (χ1) is 11.9. The second kappa shape index (κ2) is 7.84. The average molecular weight is 383 g/mol. The summed E-state index contributed by atoms with van der Waals surface area (Å²) in [5.41, 5.74) is 1.01. The van der Waals surface area contributed by atoms with Gasteiger partial charge in [0.25, 0.3) is 0 Å². The van der Waals surface area contributed by atoms with Crippen LogP contribution in [-0.4, -0.2) is 48.1 Å². The number of anilines is 1. The Balaban J connectivity index is 0.00000243. The first-order valence-corrected chi connectivity index (χ1v) is 8.80. The summed E-state index contributed by atoms with van der Waals surface area (Å²) in [5, 5.41) is 12.6. The maximum atomic E-state index is 12.7. The number of hydrogen-bond donors (Lipinski definition) is 2. The maximum absolute atomic E-state index is 12.7. The summed E-state index contributed by atoms with van der Waals surface area (Å²) in [7, 11) is 1.57. The highest BCUT2D eigenvalue weighted by atomic mass is 35.5. The van der Waals surface area contributed by atoms with Gasteiger partial charge in [-0.05, 0) is 50.3 Å². The number of benzene rings is 1. The zero-order valence-corrected chi connectivity index (χ0v) is 16.3. The normalized spacial score (nSPS) is 25.9. The molecule has 26 heavy (non-hydrogen) atoms. The third kappa shape index (κ3) is 3.53. The molecule has 1 unspecified atom stereocenters. The van der Waals surface area contributed by atoms with Crippen molar-refractivity contribution in [3.63, 3.8) is 0 Å². The zero-order valence-electron chi connectivity index (χ0n) is 15.4. The minimum absolute atomic E-state index is 0. The quantitative estimate of drug-likeness (QED) is 0.818. The fourth-order valence-electron chi connectivity index (χ4n) is 4.30. The molecule has 0 spiro atoms. The van der Waals surface area contributed by atoms with Crippen LogP contribution in [0.25, 0.3) is 0 Å². The standard InChI is InChI=1S/C19H26N2O4.ClH/c1-12-6-7-16(25-3)15(9-12)20-17(22)13(2)21-10-14-5-4-8-19(14,11-21)18(23)24;/h6-7,9,13-14H,4-5,8,10-11H2,1-3H3,(H,20,22)(H,23,24);1H/t13?,14-,19+;/m0./s1. The lowest BCUT2D eigenvalue weighted by Crippen LogP contribution is -2.43. The number of methoxy groups -OCH3 is 1. The smallest absolute Gasteiger partial charge is 0.311 e. The number of aryl methyl sites for hydroxylation is 1. The van der Waals surface area contributed by atoms with Gasteiger partial charge in [-0.15, -0.1) is 12.4 Å². The number of fused-ring (bicyclic) bond motifs is 1. The molecule has 1 heterocycles. The van der Waals surface area contributed by atoms with Crippen molar-refractivity contribution in [3.8, 4) is 5.75 Å². The summed E-state index contributed by atoms with van der Waals surface area (Å²) < 4.78 is 5.31. The molecule has 144 valence electrons. The lowest BCUT2D eigenvalue weighted by Gasteiger charge is -2.26. The van der Waals surface area contributed by atoms with Gasteiger partial charge in [-0.25, -0.2) is 0 Å². The Morgan fingerprint density at radius 1 is 1.42 bits per heavy atom. The second-order valence-corrected chi connectivity index (χ2v) is 7.35. The molecule has 2 aliphatic rings. The molecule has 7 heteroatoms. The molecule has 1 aromatic carbocycles. The SMILES string of the molecule is COc1ccc(C)cc1NC(=O)C(C)N1C[C@@H]2CCC[C@@]2(C(=O)O)C1.Cl. The molecule has 1 aliphatic carbocycles. The van der Waals surface area contributed by atoms with Crippen LogP contribution in [-0.2, 0) is 9.59 Å². The average Bonchev–Trinajstić information content (AvgIpc) is 3.12. The van der Waals surface area contributed by atoms with Gasteiger partial charge in [-0.2, -0.15) is 0 Å². The van der Waals surface area contributed by atoms with E-state index in [0.717, 1.165) is 18.4 Å². The van der Waals surface area contributed by atoms with Crippen LogP contribution in [0, 0.1) is 18.3 Å². The number of carboxylic acids is 1. The lowest BCUT2D eigenvalue weighted by molar-refractivity contribution is -0.149. The van der Waals surface area contributed by atoms with Crippen molar-refractivity contribution >= 4 is 30.0 Å². The van der Waals surface area contributed by atoms with E-state index in [4.69, 9.17) is 4.74 Å². The highest BCUT2D eigenvalue weighted by Crippen LogP contribution is 2.49. The number of carbonyl (C=O) groups is 2. The lowest BCUT2D eigenvalue weighted by atomic mass is 9.81. The molecule has 1 saturated carbocycles. The molecule has 2 fully saturated rings. The predicted molar refractivity (Wildman–Crippen MR) is 102 cm³/mol. The molecule has 0 radical (unpaired) electrons. The van der Waals surface area contributed by atoms with Crippen molar-refractivity contribution < 1.29 is 19.4 Å². The minimum atomic E-state index is -0.717. The van der Waals surface area contributed by atoms with E-state index in [0.29, 0.717) is 30.9 Å². The number of nitrogens with one attached hydrogen (secondary N) is 1. The molecule has 1 aromatic rings. The summed E-state index contributed by atoms with van der Waals surface area (Å²) in [4.78, 5) is 26.5. The third-order valence-electron chi connectivity index (χ3n) is 5.86. The third-order valence-corrected chi connectivity index (χ3v) is 5.86. The van der Waals surface area contributed by atoms with Crippen molar-refractivity contribution in [2.75, 3.05) is 25.5 Å². The summed E-state index contributed by atoms with van der Waals surface area (Å²) >= 11 is 0. The van der Waals surface area contributed by atoms with Gasteiger partial charge < -0.3 is 15.2 Å². The predicted octanol–water partition coefficient (Wildman–Crippen LogP) is 2.94. The molecule has 0 bridgehead atoms. The van der Waals surface area contributed by atoms with E-state index in [2.05, 4.69) is 5.32 Å². The van der Waals surface area contributed by atoms with Crippen molar-refractivity contribution in [1.82, 2.24) is 4.90 Å². The molecule has 3 atom stereocenters. The molecule has 0 aromatic heterocycles. The number of amides is 1. The number of aliphatic carboxylic acids is 1. The molecule has 3 rings (SSSR count). The van der Waals surface area contributed by atoms with Crippen molar-refractivity contribution in [2.45, 2.75) is 39.2 Å². The van der Waals surface area contributed by atoms with Crippen LogP contribution in [0.5, 0.6) is 5.75 Å². The molecule has 1 aliphatic heterocycles. The van der Waals surface area contributed by atoms with Crippen molar-refractivity contribution in [1.29, 1.82) is 0 Å². The largest absolute Gasteiger partial charge is 0.495 e. The van der Waals surface area contributed by atoms with E-state index in [1.807, 2.05) is 36.9 Å². The summed E-state index contributed by atoms with van der Waals surface area (Å²) in [6.45, 7) is 4.92. The van der Waals surface area contributed by atoms with Crippen LogP contribution in [0.3, 0.4) is 0 Å². The van der Waals surface area contributed by atoms with Gasteiger partial charge in [0.15, 0.2) is 0 Å². The van der Waals surface area contributed by atoms with Crippen LogP contribution in [0.4, 0.5) is 5.69 Å². The Hall–Kier alpha value is -1.79. The number of halogens is 1. The van der Waals surface area contributed by atoms with Gasteiger partial charge in [0.05, 0.1) is 24.3 Å². The highest BCUT2D eigenvalue weighted by molar-refractivity contribution is 5.96. The summed E-state index contributed by atoms with van der Waals surface area (Å²) in [6, 6.07) is 5.25. The fraction of sp³-hybridized carbons (Fsp3) is 0.579. The van der Waals surface area contributed by atoms with Crippen molar-refractivity contribution in [2.24, 2.45) is 11.3 Å². The van der Waals surface area contributed by atoms with Gasteiger partial charge in [-0.1, -0.05) is 12.5 Å². The zero-order chi connectivity index (χ0) is 18.2. The Labute approximate surface area is 160 Å². The molecule has 1 amide bonds. The van der Waals surface area contributed by atoms with Gasteiger partial charge in [0, 0.05) is 13.1 Å². The van der Waals surface area contributed by atoms with Crippen molar-refractivity contribution in [3.05, 3.63) is 23.8 Å². The first kappa shape index (κ1) is 20.5.